The second-order valence-electron chi connectivity index (χ2n) is 11.6. The lowest BCUT2D eigenvalue weighted by Crippen LogP contribution is -2.54. The molecular formula is C37H21BN4O. The Hall–Kier alpha value is -5.75. The van der Waals surface area contributed by atoms with Crippen molar-refractivity contribution < 1.29 is 4.74 Å². The predicted molar refractivity (Wildman–Crippen MR) is 175 cm³/mol. The lowest BCUT2D eigenvalue weighted by atomic mass is 9.46. The minimum atomic E-state index is -0.0421. The van der Waals surface area contributed by atoms with Gasteiger partial charge in [0.25, 0.3) is 0 Å². The molecule has 43 heavy (non-hydrogen) atoms. The molecule has 6 aromatic carbocycles. The molecule has 0 amide bonds. The first-order valence-corrected chi connectivity index (χ1v) is 14.7. The smallest absolute Gasteiger partial charge is 0.339 e. The van der Waals surface area contributed by atoms with E-state index in [1.54, 1.807) is 0 Å². The number of hydrogen-bond acceptors (Lipinski definition) is 2. The Balaban J connectivity index is 1.31. The summed E-state index contributed by atoms with van der Waals surface area (Å²) in [7, 11) is 0. The van der Waals surface area contributed by atoms with E-state index in [2.05, 4.69) is 135 Å². The van der Waals surface area contributed by atoms with Crippen LogP contribution < -0.4 is 15.7 Å². The van der Waals surface area contributed by atoms with Gasteiger partial charge in [-0.05, 0) is 53.5 Å². The number of ether oxygens (including phenoxy) is 1. The molecule has 11 rings (SSSR count). The van der Waals surface area contributed by atoms with Crippen molar-refractivity contribution in [1.29, 1.82) is 0 Å². The monoisotopic (exact) mass is 548 g/mol. The lowest BCUT2D eigenvalue weighted by Gasteiger charge is -2.32. The summed E-state index contributed by atoms with van der Waals surface area (Å²) in [6.45, 7) is -0.0421. The Morgan fingerprint density at radius 2 is 1.21 bits per heavy atom. The van der Waals surface area contributed by atoms with Crippen LogP contribution in [0.3, 0.4) is 0 Å². The number of hydrogen-bond donors (Lipinski definition) is 0. The summed E-state index contributed by atoms with van der Waals surface area (Å²) < 4.78 is 13.7. The number of rotatable bonds is 1. The van der Waals surface area contributed by atoms with Crippen LogP contribution in [-0.2, 0) is 0 Å². The van der Waals surface area contributed by atoms with Gasteiger partial charge in [-0.3, -0.25) is 4.40 Å². The third-order valence-electron chi connectivity index (χ3n) is 9.50. The molecule has 0 spiro atoms. The van der Waals surface area contributed by atoms with Gasteiger partial charge >= 0.3 is 6.85 Å². The molecule has 2 aliphatic rings. The number of benzene rings is 6. The second kappa shape index (κ2) is 7.55. The molecule has 5 nitrogen and oxygen atoms in total. The molecule has 0 atom stereocenters. The highest BCUT2D eigenvalue weighted by molar-refractivity contribution is 6.88. The van der Waals surface area contributed by atoms with E-state index in [4.69, 9.17) is 9.72 Å². The molecule has 3 aromatic heterocycles. The Labute approximate surface area is 245 Å². The molecule has 0 bridgehead atoms. The topological polar surface area (TPSA) is 36.4 Å². The molecule has 198 valence electrons. The van der Waals surface area contributed by atoms with Crippen LogP contribution in [0, 0.1) is 0 Å². The molecule has 5 heterocycles. The van der Waals surface area contributed by atoms with E-state index in [-0.39, 0.29) is 6.85 Å². The van der Waals surface area contributed by atoms with Crippen LogP contribution in [0.15, 0.2) is 127 Å². The lowest BCUT2D eigenvalue weighted by molar-refractivity contribution is 0.487. The Morgan fingerprint density at radius 1 is 0.558 bits per heavy atom. The summed E-state index contributed by atoms with van der Waals surface area (Å²) in [5.41, 5.74) is 12.7. The molecular weight excluding hydrogens is 527 g/mol. The molecule has 0 unspecified atom stereocenters. The van der Waals surface area contributed by atoms with Crippen LogP contribution in [-0.4, -0.2) is 25.3 Å². The summed E-state index contributed by atoms with van der Waals surface area (Å²) in [5, 5.41) is 2.49. The molecule has 6 heteroatoms. The van der Waals surface area contributed by atoms with Gasteiger partial charge in [-0.15, -0.1) is 0 Å². The molecule has 0 fully saturated rings. The average Bonchev–Trinajstić information content (AvgIpc) is 3.71. The third kappa shape index (κ3) is 2.55. The third-order valence-corrected chi connectivity index (χ3v) is 9.50. The van der Waals surface area contributed by atoms with E-state index in [0.29, 0.717) is 0 Å². The normalized spacial score (nSPS) is 13.3. The first kappa shape index (κ1) is 21.9. The van der Waals surface area contributed by atoms with Crippen LogP contribution in [0.5, 0.6) is 11.5 Å². The van der Waals surface area contributed by atoms with Crippen molar-refractivity contribution in [1.82, 2.24) is 18.4 Å². The molecule has 0 N–H and O–H groups in total. The van der Waals surface area contributed by atoms with Gasteiger partial charge in [-0.25, -0.2) is 4.98 Å². The molecule has 0 saturated carbocycles. The highest BCUT2D eigenvalue weighted by Crippen LogP contribution is 2.41. The molecule has 9 aromatic rings. The number of imidazole rings is 2. The van der Waals surface area contributed by atoms with E-state index in [1.807, 2.05) is 6.07 Å². The molecule has 0 radical (unpaired) electrons. The number of fused-ring (bicyclic) bond motifs is 12. The number of aromatic nitrogens is 4. The van der Waals surface area contributed by atoms with Gasteiger partial charge < -0.3 is 13.8 Å². The van der Waals surface area contributed by atoms with E-state index >= 15 is 0 Å². The van der Waals surface area contributed by atoms with Gasteiger partial charge in [-0.1, -0.05) is 84.9 Å². The Morgan fingerprint density at radius 3 is 2.07 bits per heavy atom. The highest BCUT2D eigenvalue weighted by atomic mass is 16.5. The van der Waals surface area contributed by atoms with Crippen molar-refractivity contribution >= 4 is 67.4 Å². The molecule has 0 aliphatic carbocycles. The number of nitrogens with zero attached hydrogens (tertiary/aromatic N) is 4. The first-order valence-electron chi connectivity index (χ1n) is 14.7. The summed E-state index contributed by atoms with van der Waals surface area (Å²) >= 11 is 0. The van der Waals surface area contributed by atoms with Crippen molar-refractivity contribution in [2.75, 3.05) is 0 Å². The quantitative estimate of drug-likeness (QED) is 0.202. The summed E-state index contributed by atoms with van der Waals surface area (Å²) in [6, 6.07) is 45.4. The summed E-state index contributed by atoms with van der Waals surface area (Å²) in [5.74, 6) is 2.75. The number of para-hydroxylation sites is 5. The van der Waals surface area contributed by atoms with Crippen molar-refractivity contribution in [3.8, 4) is 28.3 Å². The molecule has 0 saturated heterocycles. The summed E-state index contributed by atoms with van der Waals surface area (Å²) in [6.07, 6.45) is 0. The predicted octanol–water partition coefficient (Wildman–Crippen LogP) is 7.28. The zero-order valence-electron chi connectivity index (χ0n) is 22.9. The minimum absolute atomic E-state index is 0.0421. The van der Waals surface area contributed by atoms with E-state index in [9.17, 15) is 0 Å². The fourth-order valence-corrected chi connectivity index (χ4v) is 7.85. The van der Waals surface area contributed by atoms with Crippen LogP contribution in [0.1, 0.15) is 0 Å². The van der Waals surface area contributed by atoms with Crippen molar-refractivity contribution in [2.24, 2.45) is 0 Å². The second-order valence-corrected chi connectivity index (χ2v) is 11.6. The van der Waals surface area contributed by atoms with E-state index < -0.39 is 0 Å². The maximum atomic E-state index is 6.49. The SMILES string of the molecule is c1ccc2c(c1)Oc1cccc3c1B2n1c2c-3cccc2n2c3cccc(-n4c5ccccc5c5ccccc54)c3nc12. The van der Waals surface area contributed by atoms with Gasteiger partial charge in [0, 0.05) is 21.8 Å². The van der Waals surface area contributed by atoms with Gasteiger partial charge in [0.1, 0.15) is 17.0 Å². The Kier molecular flexibility index (Phi) is 3.85. The Bertz CT molecular complexity index is 2620. The zero-order chi connectivity index (χ0) is 27.8. The van der Waals surface area contributed by atoms with Crippen LogP contribution >= 0.6 is 0 Å². The fraction of sp³-hybridized carbons (Fsp3) is 0. The van der Waals surface area contributed by atoms with Crippen molar-refractivity contribution in [2.45, 2.75) is 0 Å². The van der Waals surface area contributed by atoms with Crippen LogP contribution in [0.4, 0.5) is 0 Å². The van der Waals surface area contributed by atoms with Gasteiger partial charge in [0.05, 0.1) is 33.3 Å². The van der Waals surface area contributed by atoms with Gasteiger partial charge in [0.15, 0.2) is 0 Å². The van der Waals surface area contributed by atoms with E-state index in [1.165, 1.54) is 43.9 Å². The first-order chi connectivity index (χ1) is 21.4. The maximum Gasteiger partial charge on any atom is 0.339 e. The standard InChI is InChI=1S/C37H21BN4O/c1-4-15-27-22(10-1)23-11-2-5-16-28(23)40(27)29-17-9-18-30-35(29)39-37-41(30)31-19-7-13-25-24-12-8-21-33-34(24)38(42(37)36(25)31)26-14-3-6-20-32(26)43-33/h1-21H. The van der Waals surface area contributed by atoms with Crippen molar-refractivity contribution in [3.63, 3.8) is 0 Å². The van der Waals surface area contributed by atoms with Crippen LogP contribution in [0.25, 0.3) is 66.5 Å². The van der Waals surface area contributed by atoms with Crippen LogP contribution in [0.2, 0.25) is 0 Å². The molecule has 2 aliphatic heterocycles. The summed E-state index contributed by atoms with van der Waals surface area (Å²) in [4.78, 5) is 5.53. The fourth-order valence-electron chi connectivity index (χ4n) is 7.85. The maximum absolute atomic E-state index is 6.49. The van der Waals surface area contributed by atoms with Gasteiger partial charge in [-0.2, -0.15) is 0 Å². The average molecular weight is 548 g/mol. The highest BCUT2D eigenvalue weighted by Gasteiger charge is 2.41. The van der Waals surface area contributed by atoms with Gasteiger partial charge in [0.2, 0.25) is 5.78 Å². The zero-order valence-corrected chi connectivity index (χ0v) is 22.9. The van der Waals surface area contributed by atoms with E-state index in [0.717, 1.165) is 45.0 Å². The largest absolute Gasteiger partial charge is 0.458 e. The minimum Gasteiger partial charge on any atom is -0.458 e. The van der Waals surface area contributed by atoms with Crippen molar-refractivity contribution in [3.05, 3.63) is 127 Å².